The molecule has 0 bridgehead atoms. The Bertz CT molecular complexity index is 1140. The first-order chi connectivity index (χ1) is 15.7. The van der Waals surface area contributed by atoms with Gasteiger partial charge in [0.25, 0.3) is 5.91 Å². The number of nitrogens with one attached hydrogen (secondary N) is 3. The molecule has 0 spiro atoms. The second kappa shape index (κ2) is 9.81. The number of anilines is 1. The first-order valence-corrected chi connectivity index (χ1v) is 9.86. The molecule has 0 aliphatic heterocycles. The number of hydrogen-bond donors (Lipinski definition) is 3. The van der Waals surface area contributed by atoms with E-state index in [1.165, 1.54) is 44.2 Å². The molecule has 0 atom stereocenters. The minimum absolute atomic E-state index is 0.0524. The SMILES string of the molecule is COc1cc(NC(=O)C(=O)NC(C)(C)CNC(=O)c2cc[n+]([O-])cc2)ccc1-c1cnco1. The zero-order valence-electron chi connectivity index (χ0n) is 18.2. The summed E-state index contributed by atoms with van der Waals surface area (Å²) in [5.74, 6) is -1.25. The molecule has 11 nitrogen and oxygen atoms in total. The highest BCUT2D eigenvalue weighted by Crippen LogP contribution is 2.32. The van der Waals surface area contributed by atoms with Crippen molar-refractivity contribution in [3.63, 3.8) is 0 Å². The van der Waals surface area contributed by atoms with Crippen molar-refractivity contribution in [2.24, 2.45) is 0 Å². The zero-order valence-corrected chi connectivity index (χ0v) is 18.2. The summed E-state index contributed by atoms with van der Waals surface area (Å²) in [5.41, 5.74) is 0.356. The minimum Gasteiger partial charge on any atom is -0.619 e. The highest BCUT2D eigenvalue weighted by atomic mass is 16.5. The molecule has 0 aliphatic rings. The molecule has 0 saturated carbocycles. The number of nitrogens with zero attached hydrogens (tertiary/aromatic N) is 2. The molecule has 0 radical (unpaired) electrons. The zero-order chi connectivity index (χ0) is 24.0. The fourth-order valence-corrected chi connectivity index (χ4v) is 2.88. The summed E-state index contributed by atoms with van der Waals surface area (Å²) >= 11 is 0. The number of rotatable bonds is 7. The van der Waals surface area contributed by atoms with Gasteiger partial charge >= 0.3 is 11.8 Å². The summed E-state index contributed by atoms with van der Waals surface area (Å²) in [6.07, 6.45) is 5.24. The maximum absolute atomic E-state index is 12.4. The Balaban J connectivity index is 1.57. The van der Waals surface area contributed by atoms with E-state index in [0.29, 0.717) is 33.1 Å². The Hall–Kier alpha value is -4.41. The van der Waals surface area contributed by atoms with Crippen molar-refractivity contribution in [2.75, 3.05) is 19.0 Å². The third-order valence-corrected chi connectivity index (χ3v) is 4.57. The number of methoxy groups -OCH3 is 1. The van der Waals surface area contributed by atoms with Crippen LogP contribution in [0.3, 0.4) is 0 Å². The van der Waals surface area contributed by atoms with Gasteiger partial charge in [-0.05, 0) is 26.0 Å². The molecule has 3 rings (SSSR count). The summed E-state index contributed by atoms with van der Waals surface area (Å²) < 4.78 is 11.2. The molecule has 0 unspecified atom stereocenters. The van der Waals surface area contributed by atoms with Crippen molar-refractivity contribution in [3.05, 3.63) is 66.1 Å². The Morgan fingerprint density at radius 3 is 2.52 bits per heavy atom. The number of aromatic nitrogens is 2. The lowest BCUT2D eigenvalue weighted by Crippen LogP contribution is -2.54. The van der Waals surface area contributed by atoms with Gasteiger partial charge in [-0.15, -0.1) is 0 Å². The van der Waals surface area contributed by atoms with Gasteiger partial charge in [-0.1, -0.05) is 0 Å². The predicted molar refractivity (Wildman–Crippen MR) is 117 cm³/mol. The third-order valence-electron chi connectivity index (χ3n) is 4.57. The van der Waals surface area contributed by atoms with Gasteiger partial charge in [-0.2, -0.15) is 4.73 Å². The normalized spacial score (nSPS) is 10.9. The van der Waals surface area contributed by atoms with Crippen LogP contribution in [0.5, 0.6) is 5.75 Å². The van der Waals surface area contributed by atoms with Crippen LogP contribution in [-0.4, -0.2) is 41.9 Å². The van der Waals surface area contributed by atoms with Crippen molar-refractivity contribution in [3.8, 4) is 17.1 Å². The number of benzene rings is 1. The van der Waals surface area contributed by atoms with Gasteiger partial charge in [0.2, 0.25) is 0 Å². The molecule has 2 heterocycles. The van der Waals surface area contributed by atoms with Gasteiger partial charge in [0.15, 0.2) is 24.5 Å². The van der Waals surface area contributed by atoms with E-state index in [9.17, 15) is 19.6 Å². The van der Waals surface area contributed by atoms with Crippen LogP contribution in [0.25, 0.3) is 11.3 Å². The molecule has 0 aliphatic carbocycles. The largest absolute Gasteiger partial charge is 0.619 e. The highest BCUT2D eigenvalue weighted by molar-refractivity contribution is 6.39. The Morgan fingerprint density at radius 2 is 1.88 bits per heavy atom. The molecule has 2 aromatic heterocycles. The topological polar surface area (TPSA) is 150 Å². The van der Waals surface area contributed by atoms with E-state index in [-0.39, 0.29) is 6.54 Å². The van der Waals surface area contributed by atoms with Crippen molar-refractivity contribution >= 4 is 23.4 Å². The quantitative estimate of drug-likeness (QED) is 0.277. The molecule has 11 heteroatoms. The molecule has 3 amide bonds. The number of oxazole rings is 1. The summed E-state index contributed by atoms with van der Waals surface area (Å²) in [4.78, 5) is 40.8. The summed E-state index contributed by atoms with van der Waals surface area (Å²) in [5, 5.41) is 18.8. The molecular weight excluding hydrogens is 430 g/mol. The number of ether oxygens (including phenoxy) is 1. The Morgan fingerprint density at radius 1 is 1.15 bits per heavy atom. The fourth-order valence-electron chi connectivity index (χ4n) is 2.88. The first-order valence-electron chi connectivity index (χ1n) is 9.86. The van der Waals surface area contributed by atoms with Crippen LogP contribution in [0.1, 0.15) is 24.2 Å². The van der Waals surface area contributed by atoms with Crippen LogP contribution < -0.4 is 25.4 Å². The van der Waals surface area contributed by atoms with Gasteiger partial charge in [-0.25, -0.2) is 4.98 Å². The third kappa shape index (κ3) is 6.06. The lowest BCUT2D eigenvalue weighted by molar-refractivity contribution is -0.605. The number of amides is 3. The smallest absolute Gasteiger partial charge is 0.313 e. The van der Waals surface area contributed by atoms with E-state index < -0.39 is 23.3 Å². The van der Waals surface area contributed by atoms with Crippen molar-refractivity contribution in [2.45, 2.75) is 19.4 Å². The Labute approximate surface area is 189 Å². The summed E-state index contributed by atoms with van der Waals surface area (Å²) in [6, 6.07) is 7.58. The number of carbonyl (C=O) groups is 3. The molecule has 172 valence electrons. The number of carbonyl (C=O) groups excluding carboxylic acids is 3. The maximum Gasteiger partial charge on any atom is 0.313 e. The standard InChI is InChI=1S/C22H23N5O6/c1-22(2,12-24-19(28)14-6-8-27(31)9-7-14)26-21(30)20(29)25-15-4-5-16(17(10-15)32-3)18-11-23-13-33-18/h4-11,13H,12H2,1-3H3,(H,24,28)(H,25,29)(H,26,30). The second-order valence-corrected chi connectivity index (χ2v) is 7.70. The van der Waals surface area contributed by atoms with Crippen molar-refractivity contribution in [1.29, 1.82) is 0 Å². The predicted octanol–water partition coefficient (Wildman–Crippen LogP) is 1.25. The lowest BCUT2D eigenvalue weighted by Gasteiger charge is -2.26. The molecule has 3 aromatic rings. The average molecular weight is 453 g/mol. The van der Waals surface area contributed by atoms with Crippen molar-refractivity contribution < 1.29 is 28.3 Å². The van der Waals surface area contributed by atoms with E-state index in [1.807, 2.05) is 0 Å². The lowest BCUT2D eigenvalue weighted by atomic mass is 10.1. The first kappa shape index (κ1) is 23.3. The molecular formula is C22H23N5O6. The van der Waals surface area contributed by atoms with Crippen LogP contribution in [0.4, 0.5) is 5.69 Å². The van der Waals surface area contributed by atoms with Gasteiger partial charge in [0, 0.05) is 30.4 Å². The van der Waals surface area contributed by atoms with E-state index >= 15 is 0 Å². The molecule has 1 aromatic carbocycles. The summed E-state index contributed by atoms with van der Waals surface area (Å²) in [7, 11) is 1.47. The monoisotopic (exact) mass is 453 g/mol. The van der Waals surface area contributed by atoms with Crippen LogP contribution in [0, 0.1) is 5.21 Å². The van der Waals surface area contributed by atoms with E-state index in [1.54, 1.807) is 32.0 Å². The molecule has 0 fully saturated rings. The summed E-state index contributed by atoms with van der Waals surface area (Å²) in [6.45, 7) is 3.37. The molecule has 0 saturated heterocycles. The van der Waals surface area contributed by atoms with Gasteiger partial charge in [0.05, 0.1) is 30.0 Å². The van der Waals surface area contributed by atoms with E-state index in [0.717, 1.165) is 0 Å². The number of pyridine rings is 1. The molecule has 3 N–H and O–H groups in total. The van der Waals surface area contributed by atoms with Gasteiger partial charge in [-0.3, -0.25) is 14.4 Å². The van der Waals surface area contributed by atoms with Crippen LogP contribution in [-0.2, 0) is 9.59 Å². The van der Waals surface area contributed by atoms with Crippen LogP contribution in [0.15, 0.2) is 59.7 Å². The fraction of sp³-hybridized carbons (Fsp3) is 0.227. The second-order valence-electron chi connectivity index (χ2n) is 7.70. The van der Waals surface area contributed by atoms with Crippen molar-refractivity contribution in [1.82, 2.24) is 15.6 Å². The minimum atomic E-state index is -0.925. The average Bonchev–Trinajstić information content (AvgIpc) is 3.32. The number of hydrogen-bond acceptors (Lipinski definition) is 7. The Kier molecular flexibility index (Phi) is 6.91. The maximum atomic E-state index is 12.4. The van der Waals surface area contributed by atoms with Crippen LogP contribution in [0.2, 0.25) is 0 Å². The highest BCUT2D eigenvalue weighted by Gasteiger charge is 2.25. The van der Waals surface area contributed by atoms with Crippen LogP contribution >= 0.6 is 0 Å². The van der Waals surface area contributed by atoms with Gasteiger partial charge in [0.1, 0.15) is 5.75 Å². The molecule has 33 heavy (non-hydrogen) atoms. The van der Waals surface area contributed by atoms with Gasteiger partial charge < -0.3 is 30.3 Å². The van der Waals surface area contributed by atoms with E-state index in [2.05, 4.69) is 20.9 Å². The van der Waals surface area contributed by atoms with E-state index in [4.69, 9.17) is 9.15 Å².